The summed E-state index contributed by atoms with van der Waals surface area (Å²) in [6, 6.07) is 0. The number of carboxylic acids is 1. The Balaban J connectivity index is 2.14. The van der Waals surface area contributed by atoms with E-state index in [9.17, 15) is 28.8 Å². The third-order valence-corrected chi connectivity index (χ3v) is 4.73. The fourth-order valence-electron chi connectivity index (χ4n) is 3.59. The number of esters is 1. The van der Waals surface area contributed by atoms with Crippen LogP contribution in [0.2, 0.25) is 0 Å². The number of hydrogen-bond donors (Lipinski definition) is 1. The fraction of sp³-hybridized carbons (Fsp3) is 0.625. The minimum absolute atomic E-state index is 0.141. The summed E-state index contributed by atoms with van der Waals surface area (Å²) in [7, 11) is 1.16. The van der Waals surface area contributed by atoms with Crippen LogP contribution in [-0.4, -0.2) is 47.3 Å². The van der Waals surface area contributed by atoms with Crippen molar-refractivity contribution < 1.29 is 38.6 Å². The van der Waals surface area contributed by atoms with Crippen molar-refractivity contribution in [2.45, 2.75) is 38.5 Å². The zero-order valence-corrected chi connectivity index (χ0v) is 13.2. The number of carboxylic acid groups (broad SMARTS) is 1. The van der Waals surface area contributed by atoms with Crippen molar-refractivity contribution in [2.75, 3.05) is 7.11 Å². The molecule has 2 aliphatic carbocycles. The summed E-state index contributed by atoms with van der Waals surface area (Å²) in [5.74, 6) is -6.25. The van der Waals surface area contributed by atoms with E-state index in [4.69, 9.17) is 5.11 Å². The molecule has 8 heteroatoms. The lowest BCUT2D eigenvalue weighted by Crippen LogP contribution is -2.48. The first-order valence-electron chi connectivity index (χ1n) is 7.57. The molecule has 2 aliphatic rings. The van der Waals surface area contributed by atoms with E-state index >= 15 is 0 Å². The van der Waals surface area contributed by atoms with E-state index in [0.717, 1.165) is 7.11 Å². The number of rotatable bonds is 4. The maximum Gasteiger partial charge on any atom is 0.306 e. The van der Waals surface area contributed by atoms with Gasteiger partial charge in [-0.05, 0) is 5.41 Å². The molecule has 0 aromatic carbocycles. The van der Waals surface area contributed by atoms with Gasteiger partial charge in [-0.2, -0.15) is 0 Å². The molecule has 0 bridgehead atoms. The number of ether oxygens (including phenoxy) is 1. The molecule has 0 aromatic rings. The quantitative estimate of drug-likeness (QED) is 0.564. The van der Waals surface area contributed by atoms with Gasteiger partial charge < -0.3 is 9.84 Å². The van der Waals surface area contributed by atoms with Gasteiger partial charge in [-0.1, -0.05) is 0 Å². The highest BCUT2D eigenvalue weighted by atomic mass is 16.5. The van der Waals surface area contributed by atoms with Gasteiger partial charge in [-0.25, -0.2) is 0 Å². The van der Waals surface area contributed by atoms with Crippen molar-refractivity contribution in [3.05, 3.63) is 0 Å². The summed E-state index contributed by atoms with van der Waals surface area (Å²) in [4.78, 5) is 70.9. The van der Waals surface area contributed by atoms with Crippen LogP contribution >= 0.6 is 0 Å². The maximum absolute atomic E-state index is 12.3. The van der Waals surface area contributed by atoms with Gasteiger partial charge in [0.2, 0.25) is 0 Å². The van der Waals surface area contributed by atoms with Crippen LogP contribution in [0.1, 0.15) is 38.5 Å². The normalized spacial score (nSPS) is 30.5. The van der Waals surface area contributed by atoms with E-state index in [1.54, 1.807) is 0 Å². The summed E-state index contributed by atoms with van der Waals surface area (Å²) < 4.78 is 4.46. The third-order valence-electron chi connectivity index (χ3n) is 4.73. The van der Waals surface area contributed by atoms with E-state index in [2.05, 4.69) is 4.74 Å². The molecule has 24 heavy (non-hydrogen) atoms. The van der Waals surface area contributed by atoms with Crippen LogP contribution in [0.15, 0.2) is 0 Å². The predicted molar refractivity (Wildman–Crippen MR) is 76.8 cm³/mol. The molecule has 0 atom stereocenters. The monoisotopic (exact) mass is 338 g/mol. The Bertz CT molecular complexity index is 594. The SMILES string of the molecule is COC(=O)CC1C(=O)CC2(CC(=O)C(CC(=O)O)C(=O)C2)CC1=O. The van der Waals surface area contributed by atoms with Gasteiger partial charge in [-0.15, -0.1) is 0 Å². The Labute approximate surface area is 137 Å². The van der Waals surface area contributed by atoms with Gasteiger partial charge >= 0.3 is 11.9 Å². The molecule has 8 nitrogen and oxygen atoms in total. The van der Waals surface area contributed by atoms with E-state index in [1.165, 1.54) is 0 Å². The second-order valence-electron chi connectivity index (χ2n) is 6.56. The molecule has 0 radical (unpaired) electrons. The van der Waals surface area contributed by atoms with Crippen molar-refractivity contribution in [1.82, 2.24) is 0 Å². The predicted octanol–water partition coefficient (Wildman–Crippen LogP) is 0.107. The molecule has 1 spiro atoms. The fourth-order valence-corrected chi connectivity index (χ4v) is 3.59. The molecule has 1 N–H and O–H groups in total. The summed E-state index contributed by atoms with van der Waals surface area (Å²) >= 11 is 0. The number of carbonyl (C=O) groups is 6. The van der Waals surface area contributed by atoms with Crippen LogP contribution in [0.25, 0.3) is 0 Å². The van der Waals surface area contributed by atoms with Crippen LogP contribution in [0, 0.1) is 17.3 Å². The molecule has 0 aliphatic heterocycles. The van der Waals surface area contributed by atoms with Crippen molar-refractivity contribution in [2.24, 2.45) is 17.3 Å². The number of hydrogen-bond acceptors (Lipinski definition) is 7. The van der Waals surface area contributed by atoms with Crippen LogP contribution in [0.5, 0.6) is 0 Å². The molecule has 2 saturated carbocycles. The molecule has 2 rings (SSSR count). The largest absolute Gasteiger partial charge is 0.481 e. The summed E-state index contributed by atoms with van der Waals surface area (Å²) in [6.45, 7) is 0. The van der Waals surface area contributed by atoms with Gasteiger partial charge in [-0.3, -0.25) is 28.8 Å². The van der Waals surface area contributed by atoms with Crippen LogP contribution in [-0.2, 0) is 33.5 Å². The summed E-state index contributed by atoms with van der Waals surface area (Å²) in [6.07, 6.45) is -1.53. The smallest absolute Gasteiger partial charge is 0.306 e. The first-order chi connectivity index (χ1) is 11.2. The van der Waals surface area contributed by atoms with Gasteiger partial charge in [0.25, 0.3) is 0 Å². The highest BCUT2D eigenvalue weighted by Gasteiger charge is 2.52. The molecule has 0 saturated heterocycles. The standard InChI is InChI=1S/C16H18O8/c1-24-15(23)3-9-12(19)6-16(7-13(9)20)4-10(17)8(2-14(21)22)11(18)5-16/h8-9H,2-7H2,1H3,(H,21,22). The molecule has 130 valence electrons. The second kappa shape index (κ2) is 6.62. The highest BCUT2D eigenvalue weighted by molar-refractivity contribution is 6.11. The summed E-state index contributed by atoms with van der Waals surface area (Å²) in [5.41, 5.74) is -1.07. The molecule has 0 heterocycles. The zero-order valence-electron chi connectivity index (χ0n) is 13.2. The van der Waals surface area contributed by atoms with E-state index < -0.39 is 58.7 Å². The number of Topliss-reactive ketones (excluding diaryl/α,β-unsaturated/α-hetero) is 4. The molecule has 0 unspecified atom stereocenters. The first-order valence-corrected chi connectivity index (χ1v) is 7.57. The van der Waals surface area contributed by atoms with Gasteiger partial charge in [0.1, 0.15) is 23.1 Å². The van der Waals surface area contributed by atoms with E-state index in [0.29, 0.717) is 0 Å². The average molecular weight is 338 g/mol. The van der Waals surface area contributed by atoms with Crippen LogP contribution in [0.4, 0.5) is 0 Å². The zero-order chi connectivity index (χ0) is 18.1. The lowest BCUT2D eigenvalue weighted by atomic mass is 9.59. The van der Waals surface area contributed by atoms with Gasteiger partial charge in [0.05, 0.1) is 31.8 Å². The Morgan fingerprint density at radius 3 is 1.62 bits per heavy atom. The average Bonchev–Trinajstić information content (AvgIpc) is 2.46. The lowest BCUT2D eigenvalue weighted by Gasteiger charge is -2.41. The Kier molecular flexibility index (Phi) is 4.96. The minimum Gasteiger partial charge on any atom is -0.481 e. The molecule has 2 fully saturated rings. The minimum atomic E-state index is -1.24. The third kappa shape index (κ3) is 3.58. The van der Waals surface area contributed by atoms with Gasteiger partial charge in [0, 0.05) is 25.7 Å². The number of aliphatic carboxylic acids is 1. The van der Waals surface area contributed by atoms with Crippen LogP contribution in [0.3, 0.4) is 0 Å². The van der Waals surface area contributed by atoms with E-state index in [-0.39, 0.29) is 32.1 Å². The summed E-state index contributed by atoms with van der Waals surface area (Å²) in [5, 5.41) is 8.77. The topological polar surface area (TPSA) is 132 Å². The number of carbonyl (C=O) groups excluding carboxylic acids is 5. The molecular formula is C16H18O8. The van der Waals surface area contributed by atoms with Crippen molar-refractivity contribution in [3.63, 3.8) is 0 Å². The van der Waals surface area contributed by atoms with E-state index in [1.807, 2.05) is 0 Å². The highest BCUT2D eigenvalue weighted by Crippen LogP contribution is 2.46. The maximum atomic E-state index is 12.3. The Hall–Kier alpha value is -2.38. The Morgan fingerprint density at radius 1 is 0.917 bits per heavy atom. The van der Waals surface area contributed by atoms with Crippen LogP contribution < -0.4 is 0 Å². The molecular weight excluding hydrogens is 320 g/mol. The van der Waals surface area contributed by atoms with Gasteiger partial charge in [0.15, 0.2) is 0 Å². The lowest BCUT2D eigenvalue weighted by molar-refractivity contribution is -0.155. The molecule has 0 amide bonds. The molecule has 0 aromatic heterocycles. The van der Waals surface area contributed by atoms with Crippen molar-refractivity contribution in [3.8, 4) is 0 Å². The van der Waals surface area contributed by atoms with Crippen molar-refractivity contribution in [1.29, 1.82) is 0 Å². The number of methoxy groups -OCH3 is 1. The first kappa shape index (κ1) is 18.0. The number of ketones is 4. The van der Waals surface area contributed by atoms with Crippen molar-refractivity contribution >= 4 is 35.1 Å². The Morgan fingerprint density at radius 2 is 1.29 bits per heavy atom. The second-order valence-corrected chi connectivity index (χ2v) is 6.56.